The molecule has 0 atom stereocenters. The molecule has 0 aliphatic carbocycles. The van der Waals surface area contributed by atoms with E-state index in [1.165, 1.54) is 6.42 Å². The lowest BCUT2D eigenvalue weighted by Gasteiger charge is -2.26. The molecule has 24 heavy (non-hydrogen) atoms. The quantitative estimate of drug-likeness (QED) is 0.837. The van der Waals surface area contributed by atoms with Crippen LogP contribution in [0.3, 0.4) is 0 Å². The van der Waals surface area contributed by atoms with Crippen LogP contribution in [-0.2, 0) is 0 Å². The Hall–Kier alpha value is -1.76. The first-order chi connectivity index (χ1) is 11.6. The fraction of sp³-hybridized carbons (Fsp3) is 0.375. The van der Waals surface area contributed by atoms with Crippen LogP contribution in [0.15, 0.2) is 22.7 Å². The number of aromatic nitrogens is 1. The number of aryl methyl sites for hydroxylation is 1. The van der Waals surface area contributed by atoms with E-state index in [2.05, 4.69) is 15.9 Å². The molecule has 0 saturated carbocycles. The number of carbonyl (C=O) groups is 1. The van der Waals surface area contributed by atoms with Crippen molar-refractivity contribution < 1.29 is 9.32 Å². The van der Waals surface area contributed by atoms with Crippen molar-refractivity contribution in [2.45, 2.75) is 26.2 Å². The Morgan fingerprint density at radius 2 is 1.88 bits per heavy atom. The molecule has 2 N–H and O–H groups in total. The van der Waals surface area contributed by atoms with Gasteiger partial charge < -0.3 is 9.84 Å². The lowest BCUT2D eigenvalue weighted by atomic mass is 10.1. The number of benzene rings is 1. The van der Waals surface area contributed by atoms with Crippen LogP contribution in [0.2, 0.25) is 10.0 Å². The van der Waals surface area contributed by atoms with Crippen molar-refractivity contribution in [3.63, 3.8) is 0 Å². The summed E-state index contributed by atoms with van der Waals surface area (Å²) < 4.78 is 5.23. The lowest BCUT2D eigenvalue weighted by molar-refractivity contribution is 0.162. The largest absolute Gasteiger partial charge is 0.359 e. The van der Waals surface area contributed by atoms with Gasteiger partial charge in [-0.2, -0.15) is 0 Å². The summed E-state index contributed by atoms with van der Waals surface area (Å²) in [6.07, 6.45) is 3.35. The van der Waals surface area contributed by atoms with Crippen LogP contribution < -0.4 is 10.7 Å². The average Bonchev–Trinajstić information content (AvgIpc) is 2.89. The highest BCUT2D eigenvalue weighted by atomic mass is 35.5. The van der Waals surface area contributed by atoms with E-state index in [1.54, 1.807) is 25.1 Å². The maximum absolute atomic E-state index is 12.3. The van der Waals surface area contributed by atoms with E-state index in [4.69, 9.17) is 27.7 Å². The molecule has 0 radical (unpaired) electrons. The van der Waals surface area contributed by atoms with Crippen LogP contribution in [-0.4, -0.2) is 29.3 Å². The molecule has 0 bridgehead atoms. The zero-order valence-corrected chi connectivity index (χ0v) is 14.7. The van der Waals surface area contributed by atoms with Crippen molar-refractivity contribution >= 4 is 34.9 Å². The van der Waals surface area contributed by atoms with Crippen LogP contribution in [0.5, 0.6) is 0 Å². The van der Waals surface area contributed by atoms with Crippen LogP contribution in [0.4, 0.5) is 10.5 Å². The highest BCUT2D eigenvalue weighted by molar-refractivity contribution is 6.39. The number of nitrogens with one attached hydrogen (secondary N) is 2. The van der Waals surface area contributed by atoms with E-state index in [9.17, 15) is 4.79 Å². The summed E-state index contributed by atoms with van der Waals surface area (Å²) in [5.41, 5.74) is 4.25. The molecule has 3 rings (SSSR count). The number of urea groups is 1. The number of hydrazine groups is 1. The molecule has 0 unspecified atom stereocenters. The maximum Gasteiger partial charge on any atom is 0.333 e. The predicted octanol–water partition coefficient (Wildman–Crippen LogP) is 4.48. The Balaban J connectivity index is 1.81. The Morgan fingerprint density at radius 1 is 1.21 bits per heavy atom. The van der Waals surface area contributed by atoms with Crippen molar-refractivity contribution in [2.75, 3.05) is 18.4 Å². The first kappa shape index (κ1) is 17.1. The summed E-state index contributed by atoms with van der Waals surface area (Å²) in [6, 6.07) is 4.83. The fourth-order valence-corrected chi connectivity index (χ4v) is 3.28. The minimum atomic E-state index is -0.340. The number of anilines is 1. The van der Waals surface area contributed by atoms with Crippen LogP contribution in [0.1, 0.15) is 25.0 Å². The van der Waals surface area contributed by atoms with E-state index in [-0.39, 0.29) is 6.03 Å². The number of amides is 2. The smallest absolute Gasteiger partial charge is 0.333 e. The van der Waals surface area contributed by atoms with Gasteiger partial charge in [0.25, 0.3) is 0 Å². The molecular formula is C16H18Cl2N4O2. The molecule has 2 amide bonds. The highest BCUT2D eigenvalue weighted by Gasteiger charge is 2.22. The number of rotatable bonds is 3. The lowest BCUT2D eigenvalue weighted by Crippen LogP contribution is -2.46. The van der Waals surface area contributed by atoms with E-state index in [1.807, 2.05) is 5.01 Å². The molecule has 1 aromatic carbocycles. The van der Waals surface area contributed by atoms with Crippen LogP contribution in [0.25, 0.3) is 11.3 Å². The van der Waals surface area contributed by atoms with Gasteiger partial charge in [0.1, 0.15) is 11.4 Å². The molecule has 1 fully saturated rings. The molecule has 1 saturated heterocycles. The third kappa shape index (κ3) is 3.66. The standard InChI is InChI=1S/C16H18Cl2N4O2/c1-10-14(19-16(23)20-22-8-3-2-4-9-22)15(21-24-10)13-11(17)6-5-7-12(13)18/h5-7H,2-4,8-9H2,1H3,(H2,19,20,23). The molecule has 0 spiro atoms. The van der Waals surface area contributed by atoms with Gasteiger partial charge in [-0.3, -0.25) is 5.43 Å². The van der Waals surface area contributed by atoms with Gasteiger partial charge in [-0.1, -0.05) is 40.8 Å². The molecule has 6 nitrogen and oxygen atoms in total. The number of nitrogens with zero attached hydrogens (tertiary/aromatic N) is 2. The number of halogens is 2. The van der Waals surface area contributed by atoms with E-state index in [0.717, 1.165) is 25.9 Å². The summed E-state index contributed by atoms with van der Waals surface area (Å²) in [4.78, 5) is 12.3. The molecule has 1 aliphatic rings. The van der Waals surface area contributed by atoms with E-state index in [0.29, 0.717) is 32.8 Å². The minimum Gasteiger partial charge on any atom is -0.359 e. The van der Waals surface area contributed by atoms with Gasteiger partial charge in [-0.05, 0) is 31.9 Å². The van der Waals surface area contributed by atoms with Gasteiger partial charge in [-0.25, -0.2) is 9.80 Å². The fourth-order valence-electron chi connectivity index (χ4n) is 2.70. The highest BCUT2D eigenvalue weighted by Crippen LogP contribution is 2.39. The average molecular weight is 369 g/mol. The Labute approximate surface area is 150 Å². The first-order valence-electron chi connectivity index (χ1n) is 7.79. The number of hydrogen-bond acceptors (Lipinski definition) is 4. The predicted molar refractivity (Wildman–Crippen MR) is 94.3 cm³/mol. The first-order valence-corrected chi connectivity index (χ1v) is 8.55. The second-order valence-electron chi connectivity index (χ2n) is 5.67. The second-order valence-corrected chi connectivity index (χ2v) is 6.49. The third-order valence-corrected chi connectivity index (χ3v) is 4.55. The second kappa shape index (κ2) is 7.42. The van der Waals surface area contributed by atoms with Crippen molar-refractivity contribution in [3.05, 3.63) is 34.0 Å². The van der Waals surface area contributed by atoms with E-state index < -0.39 is 0 Å². The number of hydrogen-bond donors (Lipinski definition) is 2. The van der Waals surface area contributed by atoms with Gasteiger partial charge in [-0.15, -0.1) is 0 Å². The zero-order valence-electron chi connectivity index (χ0n) is 13.2. The summed E-state index contributed by atoms with van der Waals surface area (Å²) in [7, 11) is 0. The van der Waals surface area contributed by atoms with Gasteiger partial charge in [0, 0.05) is 18.7 Å². The third-order valence-electron chi connectivity index (χ3n) is 3.92. The topological polar surface area (TPSA) is 70.4 Å². The SMILES string of the molecule is Cc1onc(-c2c(Cl)cccc2Cl)c1NC(=O)NN1CCCCC1. The normalized spacial score (nSPS) is 15.3. The molecule has 1 aliphatic heterocycles. The summed E-state index contributed by atoms with van der Waals surface area (Å²) in [5.74, 6) is 0.481. The molecule has 2 heterocycles. The summed E-state index contributed by atoms with van der Waals surface area (Å²) in [6.45, 7) is 3.41. The molecule has 8 heteroatoms. The van der Waals surface area contributed by atoms with Crippen molar-refractivity contribution in [3.8, 4) is 11.3 Å². The van der Waals surface area contributed by atoms with Crippen molar-refractivity contribution in [2.24, 2.45) is 0 Å². The molecule has 2 aromatic rings. The Kier molecular flexibility index (Phi) is 5.28. The van der Waals surface area contributed by atoms with Gasteiger partial charge >= 0.3 is 6.03 Å². The van der Waals surface area contributed by atoms with Gasteiger partial charge in [0.2, 0.25) is 0 Å². The van der Waals surface area contributed by atoms with Crippen molar-refractivity contribution in [1.82, 2.24) is 15.6 Å². The minimum absolute atomic E-state index is 0.340. The Morgan fingerprint density at radius 3 is 2.54 bits per heavy atom. The Bertz CT molecular complexity index is 721. The molecule has 1 aromatic heterocycles. The van der Waals surface area contributed by atoms with E-state index >= 15 is 0 Å². The maximum atomic E-state index is 12.3. The summed E-state index contributed by atoms with van der Waals surface area (Å²) >= 11 is 12.5. The zero-order chi connectivity index (χ0) is 17.1. The van der Waals surface area contributed by atoms with Crippen molar-refractivity contribution in [1.29, 1.82) is 0 Å². The van der Waals surface area contributed by atoms with Crippen LogP contribution in [0, 0.1) is 6.92 Å². The van der Waals surface area contributed by atoms with Gasteiger partial charge in [0.15, 0.2) is 5.76 Å². The molecular weight excluding hydrogens is 351 g/mol. The van der Waals surface area contributed by atoms with Gasteiger partial charge in [0.05, 0.1) is 10.0 Å². The van der Waals surface area contributed by atoms with Crippen LogP contribution >= 0.6 is 23.2 Å². The summed E-state index contributed by atoms with van der Waals surface area (Å²) in [5, 5.41) is 9.59. The molecule has 128 valence electrons. The number of piperidine rings is 1. The monoisotopic (exact) mass is 368 g/mol. The number of carbonyl (C=O) groups excluding carboxylic acids is 1.